The molecule has 5 heteroatoms. The van der Waals surface area contributed by atoms with E-state index < -0.39 is 5.54 Å². The van der Waals surface area contributed by atoms with Gasteiger partial charge >= 0.3 is 0 Å². The van der Waals surface area contributed by atoms with E-state index in [1.807, 2.05) is 13.8 Å². The molecule has 0 radical (unpaired) electrons. The van der Waals surface area contributed by atoms with Crippen molar-refractivity contribution in [2.45, 2.75) is 45.2 Å². The average Bonchev–Trinajstić information content (AvgIpc) is 2.29. The van der Waals surface area contributed by atoms with Gasteiger partial charge in [0.25, 0.3) is 0 Å². The Bertz CT molecular complexity index is 248. The van der Waals surface area contributed by atoms with Crippen LogP contribution in [0.15, 0.2) is 0 Å². The highest BCUT2D eigenvalue weighted by Crippen LogP contribution is 2.12. The highest BCUT2D eigenvalue weighted by molar-refractivity contribution is 5.84. The number of amides is 1. The van der Waals surface area contributed by atoms with Gasteiger partial charge in [-0.15, -0.1) is 0 Å². The smallest absolute Gasteiger partial charge is 0.237 e. The fraction of sp³-hybridized carbons (Fsp3) is 0.923. The number of primary amides is 1. The number of hydrogen-bond donors (Lipinski definition) is 2. The van der Waals surface area contributed by atoms with Crippen LogP contribution in [0.5, 0.6) is 0 Å². The van der Waals surface area contributed by atoms with Gasteiger partial charge in [-0.05, 0) is 46.8 Å². The molecule has 2 atom stereocenters. The van der Waals surface area contributed by atoms with Gasteiger partial charge < -0.3 is 20.7 Å². The van der Waals surface area contributed by atoms with Crippen molar-refractivity contribution in [1.29, 1.82) is 0 Å². The van der Waals surface area contributed by atoms with Crippen LogP contribution in [0, 0.1) is 0 Å². The molecule has 0 saturated heterocycles. The van der Waals surface area contributed by atoms with E-state index in [2.05, 4.69) is 24.2 Å². The molecular weight excluding hydrogens is 230 g/mol. The lowest BCUT2D eigenvalue weighted by atomic mass is 9.94. The largest absolute Gasteiger partial charge is 0.383 e. The van der Waals surface area contributed by atoms with Gasteiger partial charge in [-0.2, -0.15) is 0 Å². The predicted molar refractivity (Wildman–Crippen MR) is 74.5 cm³/mol. The first-order valence-electron chi connectivity index (χ1n) is 6.61. The molecular formula is C13H29N3O2. The van der Waals surface area contributed by atoms with Crippen LogP contribution in [-0.2, 0) is 9.53 Å². The molecule has 0 spiro atoms. The Morgan fingerprint density at radius 2 is 2.17 bits per heavy atom. The van der Waals surface area contributed by atoms with E-state index in [0.717, 1.165) is 32.5 Å². The Morgan fingerprint density at radius 3 is 2.61 bits per heavy atom. The lowest BCUT2D eigenvalue weighted by Crippen LogP contribution is -2.53. The molecule has 108 valence electrons. The van der Waals surface area contributed by atoms with Crippen LogP contribution in [0.1, 0.15) is 33.6 Å². The Kier molecular flexibility index (Phi) is 8.15. The maximum absolute atomic E-state index is 11.4. The summed E-state index contributed by atoms with van der Waals surface area (Å²) in [5.74, 6) is -0.281. The molecule has 5 nitrogen and oxygen atoms in total. The predicted octanol–water partition coefficient (Wildman–Crippen LogP) is 0.587. The van der Waals surface area contributed by atoms with E-state index in [0.29, 0.717) is 6.04 Å². The van der Waals surface area contributed by atoms with Crippen LogP contribution in [0.2, 0.25) is 0 Å². The van der Waals surface area contributed by atoms with Crippen LogP contribution in [-0.4, -0.2) is 56.2 Å². The molecule has 0 fully saturated rings. The van der Waals surface area contributed by atoms with Crippen molar-refractivity contribution < 1.29 is 9.53 Å². The van der Waals surface area contributed by atoms with E-state index in [4.69, 9.17) is 10.5 Å². The van der Waals surface area contributed by atoms with E-state index in [1.165, 1.54) is 0 Å². The molecule has 0 aromatic heterocycles. The molecule has 3 N–H and O–H groups in total. The highest BCUT2D eigenvalue weighted by Gasteiger charge is 2.29. The van der Waals surface area contributed by atoms with Crippen molar-refractivity contribution in [2.75, 3.05) is 33.9 Å². The molecule has 0 aromatic rings. The lowest BCUT2D eigenvalue weighted by molar-refractivity contribution is -0.124. The molecule has 1 amide bonds. The third-order valence-corrected chi connectivity index (χ3v) is 3.46. The van der Waals surface area contributed by atoms with E-state index in [1.54, 1.807) is 7.11 Å². The standard InChI is InChI=1S/C13H29N3O2/c1-6-15-13(3,12(14)17)8-7-9-16(4)11(2)10-18-5/h11,15H,6-10H2,1-5H3,(H2,14,17). The molecule has 18 heavy (non-hydrogen) atoms. The van der Waals surface area contributed by atoms with Crippen LogP contribution < -0.4 is 11.1 Å². The van der Waals surface area contributed by atoms with Crippen LogP contribution in [0.4, 0.5) is 0 Å². The number of methoxy groups -OCH3 is 1. The molecule has 0 saturated carbocycles. The van der Waals surface area contributed by atoms with Crippen molar-refractivity contribution in [1.82, 2.24) is 10.2 Å². The summed E-state index contributed by atoms with van der Waals surface area (Å²) in [6.45, 7) is 8.37. The molecule has 2 unspecified atom stereocenters. The number of nitrogens with one attached hydrogen (secondary N) is 1. The summed E-state index contributed by atoms with van der Waals surface area (Å²) in [7, 11) is 3.78. The van der Waals surface area contributed by atoms with Gasteiger partial charge in [0.15, 0.2) is 0 Å². The monoisotopic (exact) mass is 259 g/mol. The van der Waals surface area contributed by atoms with Crippen molar-refractivity contribution in [3.63, 3.8) is 0 Å². The summed E-state index contributed by atoms with van der Waals surface area (Å²) in [6.07, 6.45) is 1.68. The molecule has 0 aliphatic rings. The second-order valence-electron chi connectivity index (χ2n) is 5.12. The summed E-state index contributed by atoms with van der Waals surface area (Å²) < 4.78 is 5.12. The van der Waals surface area contributed by atoms with Gasteiger partial charge in [-0.3, -0.25) is 4.79 Å². The average molecular weight is 259 g/mol. The zero-order chi connectivity index (χ0) is 14.2. The first-order valence-corrected chi connectivity index (χ1v) is 6.61. The zero-order valence-electron chi connectivity index (χ0n) is 12.5. The maximum Gasteiger partial charge on any atom is 0.237 e. The van der Waals surface area contributed by atoms with E-state index in [-0.39, 0.29) is 5.91 Å². The zero-order valence-corrected chi connectivity index (χ0v) is 12.5. The van der Waals surface area contributed by atoms with Crippen molar-refractivity contribution in [3.8, 4) is 0 Å². The Balaban J connectivity index is 4.10. The van der Waals surface area contributed by atoms with Crippen molar-refractivity contribution in [2.24, 2.45) is 5.73 Å². The lowest BCUT2D eigenvalue weighted by Gasteiger charge is -2.29. The minimum atomic E-state index is -0.597. The maximum atomic E-state index is 11.4. The summed E-state index contributed by atoms with van der Waals surface area (Å²) >= 11 is 0. The van der Waals surface area contributed by atoms with Gasteiger partial charge in [-0.1, -0.05) is 6.92 Å². The number of hydrogen-bond acceptors (Lipinski definition) is 4. The second-order valence-corrected chi connectivity index (χ2v) is 5.12. The Hall–Kier alpha value is -0.650. The third kappa shape index (κ3) is 5.80. The number of rotatable bonds is 10. The van der Waals surface area contributed by atoms with Gasteiger partial charge in [0, 0.05) is 13.2 Å². The van der Waals surface area contributed by atoms with E-state index in [9.17, 15) is 4.79 Å². The molecule has 0 bridgehead atoms. The van der Waals surface area contributed by atoms with Crippen molar-refractivity contribution >= 4 is 5.91 Å². The quantitative estimate of drug-likeness (QED) is 0.602. The minimum absolute atomic E-state index is 0.281. The molecule has 0 aliphatic carbocycles. The van der Waals surface area contributed by atoms with Crippen LogP contribution in [0.25, 0.3) is 0 Å². The summed E-state index contributed by atoms with van der Waals surface area (Å²) in [5.41, 5.74) is 4.85. The molecule has 0 heterocycles. The van der Waals surface area contributed by atoms with Crippen molar-refractivity contribution in [3.05, 3.63) is 0 Å². The number of nitrogens with two attached hydrogens (primary N) is 1. The SMILES string of the molecule is CCNC(C)(CCCN(C)C(C)COC)C(N)=O. The van der Waals surface area contributed by atoms with Gasteiger partial charge in [0.2, 0.25) is 5.91 Å². The summed E-state index contributed by atoms with van der Waals surface area (Å²) in [5, 5.41) is 3.17. The topological polar surface area (TPSA) is 67.6 Å². The highest BCUT2D eigenvalue weighted by atomic mass is 16.5. The number of ether oxygens (including phenoxy) is 1. The summed E-state index contributed by atoms with van der Waals surface area (Å²) in [4.78, 5) is 13.7. The third-order valence-electron chi connectivity index (χ3n) is 3.46. The second kappa shape index (κ2) is 8.45. The molecule has 0 aliphatic heterocycles. The van der Waals surface area contributed by atoms with Gasteiger partial charge in [-0.25, -0.2) is 0 Å². The van der Waals surface area contributed by atoms with E-state index >= 15 is 0 Å². The molecule has 0 aromatic carbocycles. The van der Waals surface area contributed by atoms with Gasteiger partial charge in [0.05, 0.1) is 12.1 Å². The fourth-order valence-corrected chi connectivity index (χ4v) is 1.96. The number of likely N-dealkylation sites (N-methyl/N-ethyl adjacent to an activating group) is 2. The molecule has 0 rings (SSSR count). The van der Waals surface area contributed by atoms with Crippen LogP contribution >= 0.6 is 0 Å². The Labute approximate surface area is 111 Å². The van der Waals surface area contributed by atoms with Gasteiger partial charge in [0.1, 0.15) is 0 Å². The summed E-state index contributed by atoms with van der Waals surface area (Å²) in [6, 6.07) is 0.383. The van der Waals surface area contributed by atoms with Crippen LogP contribution in [0.3, 0.4) is 0 Å². The number of carbonyl (C=O) groups excluding carboxylic acids is 1. The first-order chi connectivity index (χ1) is 8.37. The number of nitrogens with zero attached hydrogens (tertiary/aromatic N) is 1. The fourth-order valence-electron chi connectivity index (χ4n) is 1.96. The minimum Gasteiger partial charge on any atom is -0.383 e. The Morgan fingerprint density at radius 1 is 1.56 bits per heavy atom. The normalized spacial score (nSPS) is 16.6. The first kappa shape index (κ1) is 17.4. The number of carbonyl (C=O) groups is 1.